The molecule has 1 aromatic carbocycles. The molecule has 0 aliphatic heterocycles. The first-order valence-corrected chi connectivity index (χ1v) is 6.07. The van der Waals surface area contributed by atoms with Gasteiger partial charge in [-0.1, -0.05) is 23.7 Å². The number of nitrogens with one attached hydrogen (secondary N) is 1. The van der Waals surface area contributed by atoms with Crippen molar-refractivity contribution in [2.24, 2.45) is 0 Å². The van der Waals surface area contributed by atoms with E-state index in [9.17, 15) is 19.1 Å². The van der Waals surface area contributed by atoms with E-state index in [0.717, 1.165) is 6.33 Å². The summed E-state index contributed by atoms with van der Waals surface area (Å²) in [6.45, 7) is 0. The molecule has 0 saturated heterocycles. The number of hydrogen-bond acceptors (Lipinski definition) is 3. The summed E-state index contributed by atoms with van der Waals surface area (Å²) in [6, 6.07) is 5.57. The van der Waals surface area contributed by atoms with Crippen LogP contribution in [0, 0.1) is 5.82 Å². The minimum absolute atomic E-state index is 0.0106. The zero-order valence-electron chi connectivity index (χ0n) is 10.1. The number of rotatable bonds is 4. The fraction of sp³-hybridized carbons (Fsp3) is 0.154. The van der Waals surface area contributed by atoms with Gasteiger partial charge in [-0.05, 0) is 24.1 Å². The summed E-state index contributed by atoms with van der Waals surface area (Å²) in [4.78, 5) is 28.8. The molecule has 1 unspecified atom stereocenters. The maximum atomic E-state index is 13.1. The van der Waals surface area contributed by atoms with Gasteiger partial charge in [0.1, 0.15) is 16.8 Å². The van der Waals surface area contributed by atoms with Gasteiger partial charge in [0.25, 0.3) is 5.56 Å². The van der Waals surface area contributed by atoms with Crippen LogP contribution in [0.4, 0.5) is 4.39 Å². The minimum Gasteiger partial charge on any atom is -0.481 e. The maximum Gasteiger partial charge on any atom is 0.312 e. The summed E-state index contributed by atoms with van der Waals surface area (Å²) in [5.41, 5.74) is -0.162. The lowest BCUT2D eigenvalue weighted by Crippen LogP contribution is -2.20. The number of carboxylic acids is 1. The summed E-state index contributed by atoms with van der Waals surface area (Å²) < 4.78 is 13.1. The average Bonchev–Trinajstić information content (AvgIpc) is 2.39. The largest absolute Gasteiger partial charge is 0.481 e. The molecular weight excluding hydrogens is 287 g/mol. The number of H-pyrrole nitrogens is 1. The lowest BCUT2D eigenvalue weighted by Gasteiger charge is -2.12. The predicted molar refractivity (Wildman–Crippen MR) is 70.3 cm³/mol. The molecule has 0 spiro atoms. The highest BCUT2D eigenvalue weighted by atomic mass is 35.5. The van der Waals surface area contributed by atoms with Crippen molar-refractivity contribution in [1.29, 1.82) is 0 Å². The Bertz CT molecular complexity index is 702. The zero-order chi connectivity index (χ0) is 14.7. The third-order valence-corrected chi connectivity index (χ3v) is 3.15. The van der Waals surface area contributed by atoms with Gasteiger partial charge in [-0.3, -0.25) is 9.59 Å². The Morgan fingerprint density at radius 3 is 2.90 bits per heavy atom. The third kappa shape index (κ3) is 3.03. The molecule has 2 N–H and O–H groups in total. The smallest absolute Gasteiger partial charge is 0.312 e. The molecule has 1 heterocycles. The molecule has 1 atom stereocenters. The number of hydrogen-bond donors (Lipinski definition) is 2. The first kappa shape index (κ1) is 14.2. The van der Waals surface area contributed by atoms with Crippen molar-refractivity contribution in [2.45, 2.75) is 12.3 Å². The van der Waals surface area contributed by atoms with Crippen LogP contribution >= 0.6 is 11.6 Å². The third-order valence-electron chi connectivity index (χ3n) is 2.78. The van der Waals surface area contributed by atoms with Crippen molar-refractivity contribution in [1.82, 2.24) is 9.97 Å². The van der Waals surface area contributed by atoms with Crippen molar-refractivity contribution in [3.63, 3.8) is 0 Å². The van der Waals surface area contributed by atoms with Crippen LogP contribution < -0.4 is 5.56 Å². The Balaban J connectivity index is 2.40. The Hall–Kier alpha value is -2.21. The van der Waals surface area contributed by atoms with E-state index in [2.05, 4.69) is 9.97 Å². The van der Waals surface area contributed by atoms with E-state index in [-0.39, 0.29) is 17.1 Å². The van der Waals surface area contributed by atoms with Crippen LogP contribution in [0.3, 0.4) is 0 Å². The lowest BCUT2D eigenvalue weighted by atomic mass is 9.96. The Morgan fingerprint density at radius 2 is 2.25 bits per heavy atom. The highest BCUT2D eigenvalue weighted by Gasteiger charge is 2.25. The van der Waals surface area contributed by atoms with Crippen LogP contribution in [0.15, 0.2) is 35.4 Å². The molecule has 0 amide bonds. The topological polar surface area (TPSA) is 83.0 Å². The second kappa shape index (κ2) is 5.83. The van der Waals surface area contributed by atoms with Crippen LogP contribution in [-0.4, -0.2) is 21.0 Å². The van der Waals surface area contributed by atoms with Crippen molar-refractivity contribution >= 4 is 17.6 Å². The molecule has 2 aromatic rings. The molecule has 0 aliphatic rings. The number of carboxylic acid groups (broad SMARTS) is 1. The van der Waals surface area contributed by atoms with E-state index in [4.69, 9.17) is 11.6 Å². The predicted octanol–water partition coefficient (Wildman–Crippen LogP) is 1.97. The highest BCUT2D eigenvalue weighted by molar-refractivity contribution is 6.31. The molecule has 20 heavy (non-hydrogen) atoms. The molecule has 0 bridgehead atoms. The first-order chi connectivity index (χ1) is 9.49. The number of halogens is 2. The summed E-state index contributed by atoms with van der Waals surface area (Å²) >= 11 is 5.79. The Kier molecular flexibility index (Phi) is 4.14. The van der Waals surface area contributed by atoms with Crippen LogP contribution in [0.25, 0.3) is 0 Å². The molecule has 104 valence electrons. The monoisotopic (exact) mass is 296 g/mol. The molecule has 0 saturated carbocycles. The van der Waals surface area contributed by atoms with Gasteiger partial charge in [-0.15, -0.1) is 0 Å². The van der Waals surface area contributed by atoms with Gasteiger partial charge in [-0.2, -0.15) is 0 Å². The van der Waals surface area contributed by atoms with Crippen LogP contribution in [0.1, 0.15) is 17.2 Å². The standard InChI is InChI=1S/C13H10ClFN2O3/c14-10-11(16-6-17-12(10)18)9(13(19)20)5-7-2-1-3-8(15)4-7/h1-4,6,9H,5H2,(H,19,20)(H,16,17,18). The van der Waals surface area contributed by atoms with Gasteiger partial charge in [0.2, 0.25) is 0 Å². The molecule has 0 radical (unpaired) electrons. The van der Waals surface area contributed by atoms with E-state index in [1.54, 1.807) is 6.07 Å². The molecular formula is C13H10ClFN2O3. The minimum atomic E-state index is -1.19. The van der Waals surface area contributed by atoms with Gasteiger partial charge < -0.3 is 10.1 Å². The quantitative estimate of drug-likeness (QED) is 0.903. The number of carbonyl (C=O) groups is 1. The molecule has 1 aromatic heterocycles. The number of benzene rings is 1. The lowest BCUT2D eigenvalue weighted by molar-refractivity contribution is -0.138. The number of nitrogens with zero attached hydrogens (tertiary/aromatic N) is 1. The summed E-state index contributed by atoms with van der Waals surface area (Å²) in [7, 11) is 0. The molecule has 0 fully saturated rings. The van der Waals surface area contributed by atoms with E-state index < -0.39 is 23.3 Å². The second-order valence-corrected chi connectivity index (χ2v) is 4.53. The molecule has 0 aliphatic carbocycles. The van der Waals surface area contributed by atoms with E-state index in [1.165, 1.54) is 18.2 Å². The van der Waals surface area contributed by atoms with Crippen LogP contribution in [-0.2, 0) is 11.2 Å². The van der Waals surface area contributed by atoms with Crippen LogP contribution in [0.5, 0.6) is 0 Å². The summed E-state index contributed by atoms with van der Waals surface area (Å²) in [5, 5.41) is 9.00. The van der Waals surface area contributed by atoms with E-state index in [0.29, 0.717) is 5.56 Å². The van der Waals surface area contributed by atoms with Crippen molar-refractivity contribution < 1.29 is 14.3 Å². The van der Waals surface area contributed by atoms with Gasteiger partial charge in [0.15, 0.2) is 0 Å². The second-order valence-electron chi connectivity index (χ2n) is 4.16. The van der Waals surface area contributed by atoms with Gasteiger partial charge in [-0.25, -0.2) is 9.37 Å². The van der Waals surface area contributed by atoms with Gasteiger partial charge in [0.05, 0.1) is 12.0 Å². The van der Waals surface area contributed by atoms with E-state index >= 15 is 0 Å². The van der Waals surface area contributed by atoms with E-state index in [1.807, 2.05) is 0 Å². The van der Waals surface area contributed by atoms with Crippen molar-refractivity contribution in [3.8, 4) is 0 Å². The number of aliphatic carboxylic acids is 1. The fourth-order valence-electron chi connectivity index (χ4n) is 1.84. The van der Waals surface area contributed by atoms with Crippen LogP contribution in [0.2, 0.25) is 5.02 Å². The first-order valence-electron chi connectivity index (χ1n) is 5.69. The summed E-state index contributed by atoms with van der Waals surface area (Å²) in [5.74, 6) is -2.77. The molecule has 7 heteroatoms. The fourth-order valence-corrected chi connectivity index (χ4v) is 2.08. The zero-order valence-corrected chi connectivity index (χ0v) is 10.9. The van der Waals surface area contributed by atoms with Crippen molar-refractivity contribution in [3.05, 3.63) is 63.0 Å². The highest BCUT2D eigenvalue weighted by Crippen LogP contribution is 2.23. The number of aromatic nitrogens is 2. The Labute approximate surface area is 118 Å². The SMILES string of the molecule is O=C(O)C(Cc1cccc(F)c1)c1nc[nH]c(=O)c1Cl. The summed E-state index contributed by atoms with van der Waals surface area (Å²) in [6.07, 6.45) is 1.08. The molecule has 5 nitrogen and oxygen atoms in total. The number of aromatic amines is 1. The van der Waals surface area contributed by atoms with Gasteiger partial charge in [0, 0.05) is 0 Å². The molecule has 2 rings (SSSR count). The maximum absolute atomic E-state index is 13.1. The Morgan fingerprint density at radius 1 is 1.50 bits per heavy atom. The van der Waals surface area contributed by atoms with Gasteiger partial charge >= 0.3 is 5.97 Å². The average molecular weight is 297 g/mol. The normalized spacial score (nSPS) is 12.1. The van der Waals surface area contributed by atoms with Crippen molar-refractivity contribution in [2.75, 3.05) is 0 Å².